The van der Waals surface area contributed by atoms with Gasteiger partial charge in [0.25, 0.3) is 5.91 Å². The summed E-state index contributed by atoms with van der Waals surface area (Å²) in [6.07, 6.45) is 3.49. The summed E-state index contributed by atoms with van der Waals surface area (Å²) >= 11 is 1.09. The van der Waals surface area contributed by atoms with Gasteiger partial charge in [-0.25, -0.2) is 9.78 Å². The molecule has 1 unspecified atom stereocenters. The molecule has 0 saturated heterocycles. The van der Waals surface area contributed by atoms with Crippen molar-refractivity contribution in [1.29, 1.82) is 0 Å². The lowest BCUT2D eigenvalue weighted by Gasteiger charge is -2.16. The molecule has 0 radical (unpaired) electrons. The summed E-state index contributed by atoms with van der Waals surface area (Å²) in [4.78, 5) is 28.2. The van der Waals surface area contributed by atoms with Gasteiger partial charge in [-0.3, -0.25) is 9.48 Å². The predicted octanol–water partition coefficient (Wildman–Crippen LogP) is 3.51. The first-order valence-electron chi connectivity index (χ1n) is 8.35. The molecule has 0 bridgehead atoms. The predicted molar refractivity (Wildman–Crippen MR) is 96.3 cm³/mol. The van der Waals surface area contributed by atoms with Gasteiger partial charge in [-0.15, -0.1) is 11.3 Å². The van der Waals surface area contributed by atoms with E-state index in [9.17, 15) is 9.59 Å². The maximum Gasteiger partial charge on any atom is 0.347 e. The van der Waals surface area contributed by atoms with Gasteiger partial charge in [-0.2, -0.15) is 5.10 Å². The third-order valence-electron chi connectivity index (χ3n) is 4.30. The van der Waals surface area contributed by atoms with Crippen molar-refractivity contribution in [2.75, 3.05) is 0 Å². The van der Waals surface area contributed by atoms with Crippen LogP contribution in [-0.4, -0.2) is 31.7 Å². The Morgan fingerprint density at radius 2 is 1.96 bits per heavy atom. The van der Waals surface area contributed by atoms with Gasteiger partial charge in [-0.05, 0) is 33.6 Å². The number of carbonyl (C=O) groups is 2. The van der Waals surface area contributed by atoms with E-state index in [1.807, 2.05) is 11.6 Å². The van der Waals surface area contributed by atoms with Gasteiger partial charge in [0, 0.05) is 5.69 Å². The topological polar surface area (TPSA) is 97.1 Å². The first-order valence-corrected chi connectivity index (χ1v) is 9.17. The van der Waals surface area contributed by atoms with Crippen LogP contribution in [0.2, 0.25) is 0 Å². The summed E-state index contributed by atoms with van der Waals surface area (Å²) in [5.74, 6) is -1.23. The van der Waals surface area contributed by atoms with E-state index >= 15 is 0 Å². The van der Waals surface area contributed by atoms with Crippen molar-refractivity contribution >= 4 is 23.2 Å². The second kappa shape index (κ2) is 7.77. The summed E-state index contributed by atoms with van der Waals surface area (Å²) in [6.45, 7) is 9.54. The van der Waals surface area contributed by atoms with E-state index in [4.69, 9.17) is 5.11 Å². The molecule has 2 N–H and O–H groups in total. The molecule has 0 aliphatic heterocycles. The quantitative estimate of drug-likeness (QED) is 0.783. The first-order chi connectivity index (χ1) is 11.8. The Bertz CT molecular complexity index is 777. The minimum Gasteiger partial charge on any atom is -0.477 e. The molecule has 0 fully saturated rings. The van der Waals surface area contributed by atoms with E-state index in [0.29, 0.717) is 16.3 Å². The molecular formula is C17H24N4O3S. The van der Waals surface area contributed by atoms with Crippen LogP contribution in [0.1, 0.15) is 82.1 Å². The summed E-state index contributed by atoms with van der Waals surface area (Å²) in [5, 5.41) is 17.0. The Labute approximate surface area is 151 Å². The number of rotatable bonds is 7. The Morgan fingerprint density at radius 1 is 1.32 bits per heavy atom. The monoisotopic (exact) mass is 364 g/mol. The van der Waals surface area contributed by atoms with Gasteiger partial charge in [-0.1, -0.05) is 13.8 Å². The van der Waals surface area contributed by atoms with E-state index in [1.165, 1.54) is 0 Å². The zero-order valence-electron chi connectivity index (χ0n) is 15.2. The van der Waals surface area contributed by atoms with Gasteiger partial charge >= 0.3 is 5.97 Å². The lowest BCUT2D eigenvalue weighted by atomic mass is 10.1. The van der Waals surface area contributed by atoms with Crippen LogP contribution in [0, 0.1) is 13.8 Å². The van der Waals surface area contributed by atoms with Crippen molar-refractivity contribution in [3.63, 3.8) is 0 Å². The number of aromatic carboxylic acids is 1. The molecule has 25 heavy (non-hydrogen) atoms. The summed E-state index contributed by atoms with van der Waals surface area (Å²) in [6, 6.07) is -0.0982. The number of carbonyl (C=O) groups excluding carboxylic acids is 1. The number of thiazole rings is 1. The highest BCUT2D eigenvalue weighted by atomic mass is 32.1. The number of hydrogen-bond acceptors (Lipinski definition) is 5. The second-order valence-electron chi connectivity index (χ2n) is 6.03. The molecule has 0 aliphatic rings. The van der Waals surface area contributed by atoms with Crippen molar-refractivity contribution < 1.29 is 14.7 Å². The molecule has 0 saturated carbocycles. The van der Waals surface area contributed by atoms with Gasteiger partial charge in [0.05, 0.1) is 29.5 Å². The molecule has 1 atom stereocenters. The van der Waals surface area contributed by atoms with E-state index in [2.05, 4.69) is 29.2 Å². The second-order valence-corrected chi connectivity index (χ2v) is 7.06. The Balaban J connectivity index is 2.17. The average Bonchev–Trinajstić information content (AvgIpc) is 3.12. The van der Waals surface area contributed by atoms with Crippen LogP contribution in [0.5, 0.6) is 0 Å². The summed E-state index contributed by atoms with van der Waals surface area (Å²) in [7, 11) is 0. The van der Waals surface area contributed by atoms with E-state index in [-0.39, 0.29) is 22.9 Å². The molecule has 1 amide bonds. The molecule has 8 heteroatoms. The standard InChI is InChI=1S/C17H24N4O3S/c1-6-12(7-2)21-11(5)13(8-18-21)15(22)19-10(4)16-20-9(3)14(25-16)17(23)24/h8,10,12H,6-7H2,1-5H3,(H,19,22)(H,23,24). The van der Waals surface area contributed by atoms with Gasteiger partial charge in [0.2, 0.25) is 0 Å². The lowest BCUT2D eigenvalue weighted by Crippen LogP contribution is -2.27. The molecule has 0 spiro atoms. The van der Waals surface area contributed by atoms with Crippen LogP contribution in [0.4, 0.5) is 0 Å². The fourth-order valence-corrected chi connectivity index (χ4v) is 3.69. The Hall–Kier alpha value is -2.22. The molecule has 2 aromatic heterocycles. The fourth-order valence-electron chi connectivity index (χ4n) is 2.79. The summed E-state index contributed by atoms with van der Waals surface area (Å²) in [5.41, 5.74) is 1.83. The number of hydrogen-bond donors (Lipinski definition) is 2. The lowest BCUT2D eigenvalue weighted by molar-refractivity contribution is 0.0701. The first kappa shape index (κ1) is 19.1. The van der Waals surface area contributed by atoms with Crippen LogP contribution in [0.15, 0.2) is 6.20 Å². The zero-order chi connectivity index (χ0) is 18.7. The van der Waals surface area contributed by atoms with Gasteiger partial charge in [0.15, 0.2) is 0 Å². The number of amides is 1. The minimum atomic E-state index is -0.998. The average molecular weight is 364 g/mol. The number of aryl methyl sites for hydroxylation is 1. The van der Waals surface area contributed by atoms with Crippen molar-refractivity contribution in [3.8, 4) is 0 Å². The molecule has 136 valence electrons. The smallest absolute Gasteiger partial charge is 0.347 e. The van der Waals surface area contributed by atoms with E-state index in [1.54, 1.807) is 20.0 Å². The molecule has 0 aliphatic carbocycles. The minimum absolute atomic E-state index is 0.203. The Kier molecular flexibility index (Phi) is 5.94. The van der Waals surface area contributed by atoms with E-state index in [0.717, 1.165) is 29.9 Å². The Morgan fingerprint density at radius 3 is 2.48 bits per heavy atom. The highest BCUT2D eigenvalue weighted by Gasteiger charge is 2.22. The van der Waals surface area contributed by atoms with Crippen LogP contribution in [-0.2, 0) is 0 Å². The maximum absolute atomic E-state index is 12.6. The van der Waals surface area contributed by atoms with Gasteiger partial charge < -0.3 is 10.4 Å². The maximum atomic E-state index is 12.6. The number of carboxylic acid groups (broad SMARTS) is 1. The number of nitrogens with zero attached hydrogens (tertiary/aromatic N) is 3. The number of aromatic nitrogens is 3. The van der Waals surface area contributed by atoms with Gasteiger partial charge in [0.1, 0.15) is 9.88 Å². The van der Waals surface area contributed by atoms with Crippen LogP contribution in [0.3, 0.4) is 0 Å². The third-order valence-corrected chi connectivity index (χ3v) is 5.63. The van der Waals surface area contributed by atoms with Crippen molar-refractivity contribution in [2.45, 2.75) is 59.5 Å². The van der Waals surface area contributed by atoms with Crippen LogP contribution < -0.4 is 5.32 Å². The highest BCUT2D eigenvalue weighted by molar-refractivity contribution is 7.13. The zero-order valence-corrected chi connectivity index (χ0v) is 16.0. The number of nitrogens with one attached hydrogen (secondary N) is 1. The fraction of sp³-hybridized carbons (Fsp3) is 0.529. The molecule has 2 heterocycles. The molecule has 2 aromatic rings. The molecule has 7 nitrogen and oxygen atoms in total. The molecule has 0 aromatic carbocycles. The normalized spacial score (nSPS) is 12.4. The van der Waals surface area contributed by atoms with Crippen molar-refractivity contribution in [3.05, 3.63) is 33.0 Å². The largest absolute Gasteiger partial charge is 0.477 e. The summed E-state index contributed by atoms with van der Waals surface area (Å²) < 4.78 is 1.90. The highest BCUT2D eigenvalue weighted by Crippen LogP contribution is 2.24. The SMILES string of the molecule is CCC(CC)n1ncc(C(=O)NC(C)c2nc(C)c(C(=O)O)s2)c1C. The van der Waals surface area contributed by atoms with E-state index < -0.39 is 5.97 Å². The number of carboxylic acids is 1. The van der Waals surface area contributed by atoms with Crippen LogP contribution in [0.25, 0.3) is 0 Å². The molecular weight excluding hydrogens is 340 g/mol. The molecule has 2 rings (SSSR count). The van der Waals surface area contributed by atoms with Crippen molar-refractivity contribution in [1.82, 2.24) is 20.1 Å². The van der Waals surface area contributed by atoms with Crippen LogP contribution >= 0.6 is 11.3 Å². The van der Waals surface area contributed by atoms with Crippen molar-refractivity contribution in [2.24, 2.45) is 0 Å². The third kappa shape index (κ3) is 3.89.